The first-order chi connectivity index (χ1) is 14.5. The molecule has 0 aliphatic carbocycles. The maximum Gasteiger partial charge on any atom is 0.270 e. The molecule has 2 aromatic heterocycles. The van der Waals surface area contributed by atoms with Crippen LogP contribution in [-0.4, -0.2) is 9.91 Å². The molecule has 7 heteroatoms. The zero-order chi connectivity index (χ0) is 21.1. The number of nitrogens with zero attached hydrogens (tertiary/aromatic N) is 3. The highest BCUT2D eigenvalue weighted by atomic mass is 32.1. The van der Waals surface area contributed by atoms with Crippen LogP contribution in [0.2, 0.25) is 0 Å². The Balaban J connectivity index is 1.61. The van der Waals surface area contributed by atoms with Gasteiger partial charge in [0.15, 0.2) is 0 Å². The second-order valence-corrected chi connectivity index (χ2v) is 7.44. The van der Waals surface area contributed by atoms with Crippen LogP contribution in [0.1, 0.15) is 16.3 Å². The smallest absolute Gasteiger partial charge is 0.270 e. The summed E-state index contributed by atoms with van der Waals surface area (Å²) in [5, 5.41) is 23.1. The van der Waals surface area contributed by atoms with Crippen LogP contribution in [0.15, 0.2) is 70.5 Å². The highest BCUT2D eigenvalue weighted by Gasteiger charge is 2.12. The fourth-order valence-electron chi connectivity index (χ4n) is 2.90. The van der Waals surface area contributed by atoms with Crippen molar-refractivity contribution in [2.24, 2.45) is 0 Å². The summed E-state index contributed by atoms with van der Waals surface area (Å²) in [7, 11) is 0. The number of thiazole rings is 1. The molecule has 2 aromatic carbocycles. The Morgan fingerprint density at radius 1 is 1.17 bits per heavy atom. The number of furan rings is 1. The van der Waals surface area contributed by atoms with Crippen LogP contribution in [0.4, 0.5) is 5.69 Å². The van der Waals surface area contributed by atoms with Crippen molar-refractivity contribution in [2.75, 3.05) is 0 Å². The van der Waals surface area contributed by atoms with Crippen LogP contribution in [0.25, 0.3) is 34.2 Å². The molecule has 2 heterocycles. The van der Waals surface area contributed by atoms with Gasteiger partial charge in [0.2, 0.25) is 0 Å². The maximum atomic E-state index is 11.0. The Kier molecular flexibility index (Phi) is 5.24. The first-order valence-corrected chi connectivity index (χ1v) is 9.91. The molecule has 4 rings (SSSR count). The molecule has 146 valence electrons. The van der Waals surface area contributed by atoms with Crippen molar-refractivity contribution in [3.8, 4) is 28.7 Å². The van der Waals surface area contributed by atoms with Gasteiger partial charge in [-0.2, -0.15) is 5.26 Å². The van der Waals surface area contributed by atoms with Gasteiger partial charge in [-0.15, -0.1) is 11.3 Å². The molecule has 6 nitrogen and oxygen atoms in total. The fourth-order valence-corrected chi connectivity index (χ4v) is 3.69. The van der Waals surface area contributed by atoms with Gasteiger partial charge in [-0.1, -0.05) is 42.0 Å². The van der Waals surface area contributed by atoms with Crippen LogP contribution >= 0.6 is 11.3 Å². The van der Waals surface area contributed by atoms with E-state index in [9.17, 15) is 15.4 Å². The Bertz CT molecular complexity index is 1290. The number of nitro benzene ring substituents is 1. The average Bonchev–Trinajstić information content (AvgIpc) is 3.43. The van der Waals surface area contributed by atoms with E-state index in [2.05, 4.69) is 11.1 Å². The SMILES string of the molecule is Cc1ccc(-c2csc(/C(C#N)=C/c3ccc(-c4cccc([N+](=O)[O-])c4)o3)n2)cc1. The lowest BCUT2D eigenvalue weighted by Crippen LogP contribution is -1.87. The molecule has 0 N–H and O–H groups in total. The number of allylic oxidation sites excluding steroid dienone is 1. The van der Waals surface area contributed by atoms with E-state index in [0.29, 0.717) is 27.7 Å². The van der Waals surface area contributed by atoms with Crippen molar-refractivity contribution in [1.29, 1.82) is 5.26 Å². The van der Waals surface area contributed by atoms with Gasteiger partial charge in [-0.25, -0.2) is 4.98 Å². The molecular weight excluding hydrogens is 398 g/mol. The van der Waals surface area contributed by atoms with Gasteiger partial charge < -0.3 is 4.42 Å². The molecule has 0 amide bonds. The summed E-state index contributed by atoms with van der Waals surface area (Å²) in [5.41, 5.74) is 3.95. The monoisotopic (exact) mass is 413 g/mol. The summed E-state index contributed by atoms with van der Waals surface area (Å²) < 4.78 is 5.79. The number of hydrogen-bond acceptors (Lipinski definition) is 6. The van der Waals surface area contributed by atoms with Crippen molar-refractivity contribution in [1.82, 2.24) is 4.98 Å². The molecule has 0 spiro atoms. The number of non-ortho nitro benzene ring substituents is 1. The molecular formula is C23H15N3O3S. The minimum atomic E-state index is -0.449. The minimum absolute atomic E-state index is 0.00914. The Morgan fingerprint density at radius 2 is 1.97 bits per heavy atom. The molecule has 30 heavy (non-hydrogen) atoms. The van der Waals surface area contributed by atoms with Crippen molar-refractivity contribution in [2.45, 2.75) is 6.92 Å². The summed E-state index contributed by atoms with van der Waals surface area (Å²) in [5.74, 6) is 0.960. The third-order valence-corrected chi connectivity index (χ3v) is 5.33. The predicted molar refractivity (Wildman–Crippen MR) is 117 cm³/mol. The first-order valence-electron chi connectivity index (χ1n) is 9.03. The van der Waals surface area contributed by atoms with Gasteiger partial charge >= 0.3 is 0 Å². The third-order valence-electron chi connectivity index (χ3n) is 4.46. The molecule has 0 fully saturated rings. The van der Waals surface area contributed by atoms with Crippen LogP contribution in [-0.2, 0) is 0 Å². The van der Waals surface area contributed by atoms with E-state index in [1.807, 2.05) is 36.6 Å². The fraction of sp³-hybridized carbons (Fsp3) is 0.0435. The number of aromatic nitrogens is 1. The molecule has 0 saturated carbocycles. The molecule has 0 bridgehead atoms. The number of nitro groups is 1. The van der Waals surface area contributed by atoms with Gasteiger partial charge in [0, 0.05) is 34.7 Å². The first kappa shape index (κ1) is 19.3. The van der Waals surface area contributed by atoms with Crippen molar-refractivity contribution in [3.63, 3.8) is 0 Å². The van der Waals surface area contributed by atoms with E-state index in [1.54, 1.807) is 30.3 Å². The maximum absolute atomic E-state index is 11.0. The van der Waals surface area contributed by atoms with Gasteiger partial charge in [-0.05, 0) is 19.1 Å². The molecule has 0 aliphatic rings. The quantitative estimate of drug-likeness (QED) is 0.216. The standard InChI is InChI=1S/C23H15N3O3S/c1-15-5-7-16(8-6-15)21-14-30-23(25-21)18(13-24)12-20-9-10-22(29-20)17-3-2-4-19(11-17)26(27)28/h2-12,14H,1H3/b18-12+. The molecule has 0 radical (unpaired) electrons. The van der Waals surface area contributed by atoms with E-state index >= 15 is 0 Å². The van der Waals surface area contributed by atoms with E-state index < -0.39 is 4.92 Å². The second-order valence-electron chi connectivity index (χ2n) is 6.58. The normalized spacial score (nSPS) is 11.3. The number of hydrogen-bond donors (Lipinski definition) is 0. The zero-order valence-electron chi connectivity index (χ0n) is 15.9. The zero-order valence-corrected chi connectivity index (χ0v) is 16.7. The lowest BCUT2D eigenvalue weighted by Gasteiger charge is -1.98. The molecule has 0 unspecified atom stereocenters. The van der Waals surface area contributed by atoms with Crippen molar-refractivity contribution in [3.05, 3.63) is 92.5 Å². The van der Waals surface area contributed by atoms with Gasteiger partial charge in [0.1, 0.15) is 22.6 Å². The molecule has 0 saturated heterocycles. The topological polar surface area (TPSA) is 93.0 Å². The van der Waals surface area contributed by atoms with Crippen LogP contribution in [0.3, 0.4) is 0 Å². The second kappa shape index (κ2) is 8.15. The van der Waals surface area contributed by atoms with E-state index in [1.165, 1.54) is 29.0 Å². The summed E-state index contributed by atoms with van der Waals surface area (Å²) >= 11 is 1.39. The minimum Gasteiger partial charge on any atom is -0.457 e. The number of nitriles is 1. The Morgan fingerprint density at radius 3 is 2.70 bits per heavy atom. The summed E-state index contributed by atoms with van der Waals surface area (Å²) in [6.07, 6.45) is 1.62. The summed E-state index contributed by atoms with van der Waals surface area (Å²) in [6.45, 7) is 2.03. The number of aryl methyl sites for hydroxylation is 1. The summed E-state index contributed by atoms with van der Waals surface area (Å²) in [4.78, 5) is 15.1. The number of rotatable bonds is 5. The number of benzene rings is 2. The molecule has 0 aliphatic heterocycles. The van der Waals surface area contributed by atoms with Crippen molar-refractivity contribution < 1.29 is 9.34 Å². The Hall–Kier alpha value is -4.02. The van der Waals surface area contributed by atoms with Gasteiger partial charge in [0.05, 0.1) is 16.2 Å². The lowest BCUT2D eigenvalue weighted by molar-refractivity contribution is -0.384. The van der Waals surface area contributed by atoms with Crippen LogP contribution in [0, 0.1) is 28.4 Å². The van der Waals surface area contributed by atoms with E-state index in [0.717, 1.165) is 11.3 Å². The van der Waals surface area contributed by atoms with Crippen molar-refractivity contribution >= 4 is 28.7 Å². The van der Waals surface area contributed by atoms with Crippen LogP contribution in [0.5, 0.6) is 0 Å². The predicted octanol–water partition coefficient (Wildman–Crippen LogP) is 6.35. The highest BCUT2D eigenvalue weighted by Crippen LogP contribution is 2.30. The molecule has 4 aromatic rings. The summed E-state index contributed by atoms with van der Waals surface area (Å²) in [6, 6.07) is 19.9. The van der Waals surface area contributed by atoms with Gasteiger partial charge in [0.25, 0.3) is 5.69 Å². The van der Waals surface area contributed by atoms with Crippen LogP contribution < -0.4 is 0 Å². The van der Waals surface area contributed by atoms with E-state index in [-0.39, 0.29) is 5.69 Å². The average molecular weight is 413 g/mol. The third kappa shape index (κ3) is 4.04. The largest absolute Gasteiger partial charge is 0.457 e. The Labute approximate surface area is 176 Å². The highest BCUT2D eigenvalue weighted by molar-refractivity contribution is 7.11. The lowest BCUT2D eigenvalue weighted by atomic mass is 10.1. The van der Waals surface area contributed by atoms with E-state index in [4.69, 9.17) is 4.42 Å². The van der Waals surface area contributed by atoms with Gasteiger partial charge in [-0.3, -0.25) is 10.1 Å². The molecule has 0 atom stereocenters.